The smallest absolute Gasteiger partial charge is 0.0316 e. The molecule has 0 saturated carbocycles. The summed E-state index contributed by atoms with van der Waals surface area (Å²) in [5, 5.41) is 0. The van der Waals surface area contributed by atoms with Crippen molar-refractivity contribution in [1.82, 2.24) is 0 Å². The summed E-state index contributed by atoms with van der Waals surface area (Å²) in [5.74, 6) is 0. The van der Waals surface area contributed by atoms with Gasteiger partial charge in [0.1, 0.15) is 0 Å². The van der Waals surface area contributed by atoms with Gasteiger partial charge in [-0.1, -0.05) is 43.3 Å². The summed E-state index contributed by atoms with van der Waals surface area (Å²) in [6.45, 7) is 2.12. The third kappa shape index (κ3) is 3.84. The van der Waals surface area contributed by atoms with Crippen LogP contribution in [0.25, 0.3) is 0 Å². The zero-order valence-electron chi connectivity index (χ0n) is 12.2. The lowest BCUT2D eigenvalue weighted by molar-refractivity contribution is 0.570. The van der Waals surface area contributed by atoms with E-state index in [9.17, 15) is 0 Å². The van der Waals surface area contributed by atoms with Crippen LogP contribution in [-0.4, -0.2) is 0 Å². The summed E-state index contributed by atoms with van der Waals surface area (Å²) in [4.78, 5) is 0. The van der Waals surface area contributed by atoms with Crippen molar-refractivity contribution in [3.63, 3.8) is 0 Å². The van der Waals surface area contributed by atoms with Crippen LogP contribution in [0.5, 0.6) is 0 Å². The van der Waals surface area contributed by atoms with Crippen LogP contribution in [0.1, 0.15) is 42.5 Å². The summed E-state index contributed by atoms with van der Waals surface area (Å²) in [5.41, 5.74) is 16.4. The van der Waals surface area contributed by atoms with Gasteiger partial charge in [0, 0.05) is 11.7 Å². The molecule has 1 aliphatic carbocycles. The standard InChI is InChI=1S/C10H13N.C8H11N/c11-10-7-3-5-8-4-1-2-6-9(8)10;1-2-7-4-3-5-8(9)6-7/h1-2,4,6,10H,3,5,7,11H2;3-6H,2,9H2,1H3. The monoisotopic (exact) mass is 268 g/mol. The lowest BCUT2D eigenvalue weighted by Crippen LogP contribution is -2.16. The second-order valence-electron chi connectivity index (χ2n) is 5.30. The van der Waals surface area contributed by atoms with E-state index < -0.39 is 0 Å². The minimum atomic E-state index is 0.292. The van der Waals surface area contributed by atoms with Crippen molar-refractivity contribution in [3.05, 3.63) is 65.2 Å². The molecule has 0 spiro atoms. The predicted octanol–water partition coefficient (Wildman–Crippen LogP) is 3.85. The third-order valence-corrected chi connectivity index (χ3v) is 3.78. The Balaban J connectivity index is 0.000000151. The van der Waals surface area contributed by atoms with E-state index in [0.717, 1.165) is 18.5 Å². The molecule has 20 heavy (non-hydrogen) atoms. The minimum absolute atomic E-state index is 0.292. The Morgan fingerprint density at radius 1 is 1.10 bits per heavy atom. The number of anilines is 1. The van der Waals surface area contributed by atoms with Gasteiger partial charge in [0.2, 0.25) is 0 Å². The zero-order chi connectivity index (χ0) is 14.4. The van der Waals surface area contributed by atoms with Crippen LogP contribution >= 0.6 is 0 Å². The highest BCUT2D eigenvalue weighted by atomic mass is 14.6. The summed E-state index contributed by atoms with van der Waals surface area (Å²) < 4.78 is 0. The molecule has 2 aromatic carbocycles. The summed E-state index contributed by atoms with van der Waals surface area (Å²) in [7, 11) is 0. The molecule has 0 saturated heterocycles. The first-order valence-corrected chi connectivity index (χ1v) is 7.38. The number of nitrogen functional groups attached to an aromatic ring is 1. The van der Waals surface area contributed by atoms with Crippen molar-refractivity contribution in [3.8, 4) is 0 Å². The molecule has 0 amide bonds. The quantitative estimate of drug-likeness (QED) is 0.772. The Morgan fingerprint density at radius 2 is 1.90 bits per heavy atom. The van der Waals surface area contributed by atoms with E-state index in [1.54, 1.807) is 0 Å². The number of benzene rings is 2. The first-order valence-electron chi connectivity index (χ1n) is 7.38. The van der Waals surface area contributed by atoms with Crippen LogP contribution in [-0.2, 0) is 12.8 Å². The van der Waals surface area contributed by atoms with E-state index in [1.165, 1.54) is 29.5 Å². The normalized spacial score (nSPS) is 16.8. The highest BCUT2D eigenvalue weighted by Gasteiger charge is 2.14. The highest BCUT2D eigenvalue weighted by molar-refractivity contribution is 5.40. The Bertz CT molecular complexity index is 549. The van der Waals surface area contributed by atoms with Gasteiger partial charge in [-0.25, -0.2) is 0 Å². The molecule has 0 radical (unpaired) electrons. The van der Waals surface area contributed by atoms with Crippen molar-refractivity contribution in [2.24, 2.45) is 5.73 Å². The first kappa shape index (κ1) is 14.6. The number of fused-ring (bicyclic) bond motifs is 1. The molecule has 0 heterocycles. The number of rotatable bonds is 1. The summed E-state index contributed by atoms with van der Waals surface area (Å²) in [6, 6.07) is 16.8. The molecule has 3 rings (SSSR count). The average molecular weight is 268 g/mol. The number of hydrogen-bond donors (Lipinski definition) is 2. The van der Waals surface area contributed by atoms with Gasteiger partial charge < -0.3 is 11.5 Å². The van der Waals surface area contributed by atoms with E-state index >= 15 is 0 Å². The van der Waals surface area contributed by atoms with E-state index in [4.69, 9.17) is 11.5 Å². The molecule has 1 aliphatic rings. The van der Waals surface area contributed by atoms with E-state index in [0.29, 0.717) is 6.04 Å². The minimum Gasteiger partial charge on any atom is -0.399 e. The number of nitrogens with two attached hydrogens (primary N) is 2. The molecule has 1 atom stereocenters. The summed E-state index contributed by atoms with van der Waals surface area (Å²) >= 11 is 0. The van der Waals surface area contributed by atoms with Gasteiger partial charge in [0.25, 0.3) is 0 Å². The lowest BCUT2D eigenvalue weighted by atomic mass is 9.88. The predicted molar refractivity (Wildman–Crippen MR) is 86.5 cm³/mol. The molecule has 2 aromatic rings. The third-order valence-electron chi connectivity index (χ3n) is 3.78. The fourth-order valence-electron chi connectivity index (χ4n) is 2.60. The molecule has 106 valence electrons. The molecular formula is C18H24N2. The van der Waals surface area contributed by atoms with Gasteiger partial charge >= 0.3 is 0 Å². The second kappa shape index (κ2) is 7.11. The number of aryl methyl sites for hydroxylation is 2. The van der Waals surface area contributed by atoms with Gasteiger partial charge in [0.05, 0.1) is 0 Å². The highest BCUT2D eigenvalue weighted by Crippen LogP contribution is 2.26. The van der Waals surface area contributed by atoms with E-state index in [-0.39, 0.29) is 0 Å². The summed E-state index contributed by atoms with van der Waals surface area (Å²) in [6.07, 6.45) is 4.67. The largest absolute Gasteiger partial charge is 0.399 e. The first-order chi connectivity index (χ1) is 9.70. The Kier molecular flexibility index (Phi) is 5.19. The van der Waals surface area contributed by atoms with Crippen LogP contribution < -0.4 is 11.5 Å². The topological polar surface area (TPSA) is 52.0 Å². The van der Waals surface area contributed by atoms with Crippen molar-refractivity contribution in [1.29, 1.82) is 0 Å². The van der Waals surface area contributed by atoms with Crippen molar-refractivity contribution < 1.29 is 0 Å². The van der Waals surface area contributed by atoms with Gasteiger partial charge in [0.15, 0.2) is 0 Å². The maximum Gasteiger partial charge on any atom is 0.0316 e. The lowest BCUT2D eigenvalue weighted by Gasteiger charge is -2.21. The van der Waals surface area contributed by atoms with Crippen LogP contribution in [0, 0.1) is 0 Å². The van der Waals surface area contributed by atoms with Crippen LogP contribution in [0.15, 0.2) is 48.5 Å². The fourth-order valence-corrected chi connectivity index (χ4v) is 2.60. The Labute approximate surface area is 121 Å². The molecular weight excluding hydrogens is 244 g/mol. The molecule has 2 nitrogen and oxygen atoms in total. The molecule has 0 fully saturated rings. The van der Waals surface area contributed by atoms with Gasteiger partial charge in [-0.2, -0.15) is 0 Å². The maximum absolute atomic E-state index is 5.95. The molecule has 0 aromatic heterocycles. The van der Waals surface area contributed by atoms with Crippen molar-refractivity contribution in [2.75, 3.05) is 5.73 Å². The fraction of sp³-hybridized carbons (Fsp3) is 0.333. The van der Waals surface area contributed by atoms with Crippen LogP contribution in [0.2, 0.25) is 0 Å². The Hall–Kier alpha value is -1.80. The van der Waals surface area contributed by atoms with Crippen LogP contribution in [0.3, 0.4) is 0 Å². The van der Waals surface area contributed by atoms with Crippen molar-refractivity contribution in [2.45, 2.75) is 38.6 Å². The van der Waals surface area contributed by atoms with Gasteiger partial charge in [-0.15, -0.1) is 0 Å². The second-order valence-corrected chi connectivity index (χ2v) is 5.30. The van der Waals surface area contributed by atoms with E-state index in [1.807, 2.05) is 18.2 Å². The Morgan fingerprint density at radius 3 is 2.55 bits per heavy atom. The maximum atomic E-state index is 5.95. The zero-order valence-corrected chi connectivity index (χ0v) is 12.2. The van der Waals surface area contributed by atoms with E-state index in [2.05, 4.69) is 37.3 Å². The van der Waals surface area contributed by atoms with Gasteiger partial charge in [-0.3, -0.25) is 0 Å². The molecule has 4 N–H and O–H groups in total. The SMILES string of the molecule is CCc1cccc(N)c1.NC1CCCc2ccccc21. The molecule has 0 bridgehead atoms. The molecule has 1 unspecified atom stereocenters. The molecule has 2 heteroatoms. The molecule has 0 aliphatic heterocycles. The van der Waals surface area contributed by atoms with Gasteiger partial charge in [-0.05, 0) is 54.5 Å². The van der Waals surface area contributed by atoms with Crippen LogP contribution in [0.4, 0.5) is 5.69 Å². The average Bonchev–Trinajstić information content (AvgIpc) is 2.48. The van der Waals surface area contributed by atoms with Crippen molar-refractivity contribution >= 4 is 5.69 Å². The number of hydrogen-bond acceptors (Lipinski definition) is 2.